The Morgan fingerprint density at radius 2 is 1.90 bits per heavy atom. The predicted octanol–water partition coefficient (Wildman–Crippen LogP) is 2.20. The van der Waals surface area contributed by atoms with Gasteiger partial charge in [0.15, 0.2) is 6.61 Å². The summed E-state index contributed by atoms with van der Waals surface area (Å²) in [6.45, 7) is 3.24. The molecule has 0 bridgehead atoms. The Morgan fingerprint density at radius 3 is 2.57 bits per heavy atom. The number of anilines is 1. The van der Waals surface area contributed by atoms with Crippen molar-refractivity contribution in [2.75, 3.05) is 37.7 Å². The molecule has 1 aliphatic heterocycles. The third kappa shape index (κ3) is 7.02. The second kappa shape index (κ2) is 11.7. The van der Waals surface area contributed by atoms with E-state index >= 15 is 0 Å². The minimum Gasteiger partial charge on any atom is -0.466 e. The van der Waals surface area contributed by atoms with Crippen LogP contribution in [0, 0.1) is 10.1 Å². The largest absolute Gasteiger partial charge is 0.466 e. The number of nitrogens with one attached hydrogen (secondary N) is 1. The fraction of sp³-hybridized carbons (Fsp3) is 0.550. The summed E-state index contributed by atoms with van der Waals surface area (Å²) in [7, 11) is 0. The van der Waals surface area contributed by atoms with E-state index < -0.39 is 23.4 Å². The third-order valence-corrected chi connectivity index (χ3v) is 4.63. The Bertz CT molecular complexity index is 776. The summed E-state index contributed by atoms with van der Waals surface area (Å²) in [4.78, 5) is 48.2. The number of esters is 2. The molecule has 10 heteroatoms. The van der Waals surface area contributed by atoms with Gasteiger partial charge in [-0.1, -0.05) is 0 Å². The number of carbonyl (C=O) groups excluding carboxylic acids is 3. The van der Waals surface area contributed by atoms with Crippen LogP contribution in [0.1, 0.15) is 49.4 Å². The second-order valence-corrected chi connectivity index (χ2v) is 6.84. The van der Waals surface area contributed by atoms with E-state index in [2.05, 4.69) is 5.32 Å². The summed E-state index contributed by atoms with van der Waals surface area (Å²) in [5.74, 6) is -1.65. The summed E-state index contributed by atoms with van der Waals surface area (Å²) in [5.41, 5.74) is 0.424. The molecule has 0 spiro atoms. The van der Waals surface area contributed by atoms with Crippen LogP contribution in [0.25, 0.3) is 0 Å². The van der Waals surface area contributed by atoms with Gasteiger partial charge in [-0.3, -0.25) is 19.7 Å². The van der Waals surface area contributed by atoms with Crippen LogP contribution in [0.5, 0.6) is 0 Å². The van der Waals surface area contributed by atoms with E-state index in [9.17, 15) is 24.5 Å². The monoisotopic (exact) mass is 421 g/mol. The van der Waals surface area contributed by atoms with Crippen molar-refractivity contribution in [2.24, 2.45) is 0 Å². The number of carbonyl (C=O) groups is 3. The van der Waals surface area contributed by atoms with E-state index in [4.69, 9.17) is 9.47 Å². The van der Waals surface area contributed by atoms with Gasteiger partial charge in [-0.25, -0.2) is 4.79 Å². The Hall–Kier alpha value is -3.17. The fourth-order valence-corrected chi connectivity index (χ4v) is 3.17. The number of benzene rings is 1. The molecule has 10 nitrogen and oxygen atoms in total. The van der Waals surface area contributed by atoms with Crippen molar-refractivity contribution in [1.82, 2.24) is 5.32 Å². The van der Waals surface area contributed by atoms with Crippen molar-refractivity contribution in [3.8, 4) is 0 Å². The highest BCUT2D eigenvalue weighted by molar-refractivity contribution is 5.97. The zero-order valence-corrected chi connectivity index (χ0v) is 17.1. The number of nitrogens with zero attached hydrogens (tertiary/aromatic N) is 2. The number of nitro groups is 1. The van der Waals surface area contributed by atoms with Crippen molar-refractivity contribution in [3.63, 3.8) is 0 Å². The molecule has 0 unspecified atom stereocenters. The first kappa shape index (κ1) is 23.1. The molecule has 1 saturated heterocycles. The number of rotatable bonds is 10. The second-order valence-electron chi connectivity index (χ2n) is 6.84. The number of amides is 1. The van der Waals surface area contributed by atoms with E-state index in [1.807, 2.05) is 4.90 Å². The van der Waals surface area contributed by atoms with Crippen molar-refractivity contribution >= 4 is 29.2 Å². The van der Waals surface area contributed by atoms with Crippen molar-refractivity contribution in [3.05, 3.63) is 33.9 Å². The van der Waals surface area contributed by atoms with Gasteiger partial charge in [0.25, 0.3) is 11.6 Å². The van der Waals surface area contributed by atoms with Crippen LogP contribution in [0.3, 0.4) is 0 Å². The highest BCUT2D eigenvalue weighted by atomic mass is 16.6. The summed E-state index contributed by atoms with van der Waals surface area (Å²) < 4.78 is 9.87. The number of hydrogen-bond acceptors (Lipinski definition) is 8. The van der Waals surface area contributed by atoms with Crippen LogP contribution < -0.4 is 10.2 Å². The first-order valence-electron chi connectivity index (χ1n) is 10.0. The highest BCUT2D eigenvalue weighted by Gasteiger charge is 2.23. The van der Waals surface area contributed by atoms with Gasteiger partial charge in [-0.2, -0.15) is 0 Å². The lowest BCUT2D eigenvalue weighted by Crippen LogP contribution is -2.32. The van der Waals surface area contributed by atoms with Crippen LogP contribution in [0.2, 0.25) is 0 Å². The summed E-state index contributed by atoms with van der Waals surface area (Å²) in [6, 6.07) is 4.09. The van der Waals surface area contributed by atoms with Gasteiger partial charge < -0.3 is 19.7 Å². The van der Waals surface area contributed by atoms with Gasteiger partial charge in [0, 0.05) is 38.2 Å². The highest BCUT2D eigenvalue weighted by Crippen LogP contribution is 2.28. The van der Waals surface area contributed by atoms with Gasteiger partial charge in [-0.05, 0) is 38.7 Å². The zero-order valence-electron chi connectivity index (χ0n) is 17.1. The number of piperidine rings is 1. The van der Waals surface area contributed by atoms with E-state index in [1.54, 1.807) is 13.0 Å². The maximum absolute atomic E-state index is 12.6. The minimum absolute atomic E-state index is 0.0706. The van der Waals surface area contributed by atoms with Gasteiger partial charge in [0.05, 0.1) is 22.8 Å². The molecule has 0 aromatic heterocycles. The normalized spacial score (nSPS) is 13.4. The quantitative estimate of drug-likeness (QED) is 0.264. The maximum Gasteiger partial charge on any atom is 0.341 e. The smallest absolute Gasteiger partial charge is 0.341 e. The standard InChI is InChI=1S/C20H27N3O7/c1-2-29-19(25)7-6-10-21-18(24)14-30-20(26)16-13-15(23(27)28)8-9-17(16)22-11-4-3-5-12-22/h8-9,13H,2-7,10-12,14H2,1H3,(H,21,24). The van der Waals surface area contributed by atoms with E-state index in [0.717, 1.165) is 32.4 Å². The SMILES string of the molecule is CCOC(=O)CCCNC(=O)COC(=O)c1cc([N+](=O)[O-])ccc1N1CCCCC1. The van der Waals surface area contributed by atoms with Crippen LogP contribution in [-0.2, 0) is 19.1 Å². The Morgan fingerprint density at radius 1 is 1.17 bits per heavy atom. The van der Waals surface area contributed by atoms with E-state index in [1.165, 1.54) is 12.1 Å². The molecule has 1 aliphatic rings. The lowest BCUT2D eigenvalue weighted by Gasteiger charge is -2.30. The molecule has 1 aromatic rings. The maximum atomic E-state index is 12.6. The molecule has 1 fully saturated rings. The zero-order chi connectivity index (χ0) is 21.9. The molecule has 1 N–H and O–H groups in total. The molecule has 1 heterocycles. The van der Waals surface area contributed by atoms with Crippen molar-refractivity contribution < 1.29 is 28.8 Å². The van der Waals surface area contributed by atoms with Crippen LogP contribution in [0.4, 0.5) is 11.4 Å². The van der Waals surface area contributed by atoms with Crippen LogP contribution in [0.15, 0.2) is 18.2 Å². The Balaban J connectivity index is 1.93. The summed E-state index contributed by atoms with van der Waals surface area (Å²) in [5, 5.41) is 13.7. The Labute approximate surface area is 174 Å². The van der Waals surface area contributed by atoms with Crippen LogP contribution in [-0.4, -0.2) is 55.6 Å². The first-order chi connectivity index (χ1) is 14.4. The van der Waals surface area contributed by atoms with Gasteiger partial charge in [0.1, 0.15) is 0 Å². The van der Waals surface area contributed by atoms with E-state index in [-0.39, 0.29) is 30.2 Å². The molecule has 0 atom stereocenters. The van der Waals surface area contributed by atoms with Crippen LogP contribution >= 0.6 is 0 Å². The number of hydrogen-bond donors (Lipinski definition) is 1. The van der Waals surface area contributed by atoms with Gasteiger partial charge >= 0.3 is 11.9 Å². The third-order valence-electron chi connectivity index (χ3n) is 4.63. The Kier molecular flexibility index (Phi) is 9.04. The number of non-ortho nitro benzene ring substituents is 1. The average molecular weight is 421 g/mol. The molecule has 1 amide bonds. The molecule has 164 valence electrons. The fourth-order valence-electron chi connectivity index (χ4n) is 3.17. The predicted molar refractivity (Wildman–Crippen MR) is 108 cm³/mol. The molecule has 0 saturated carbocycles. The van der Waals surface area contributed by atoms with Crippen molar-refractivity contribution in [2.45, 2.75) is 39.0 Å². The molecule has 30 heavy (non-hydrogen) atoms. The molecular weight excluding hydrogens is 394 g/mol. The first-order valence-corrected chi connectivity index (χ1v) is 10.0. The summed E-state index contributed by atoms with van der Waals surface area (Å²) >= 11 is 0. The average Bonchev–Trinajstić information content (AvgIpc) is 2.75. The molecule has 1 aromatic carbocycles. The molecule has 0 radical (unpaired) electrons. The lowest BCUT2D eigenvalue weighted by atomic mass is 10.1. The van der Waals surface area contributed by atoms with Gasteiger partial charge in [0.2, 0.25) is 0 Å². The molecular formula is C20H27N3O7. The lowest BCUT2D eigenvalue weighted by molar-refractivity contribution is -0.384. The number of nitro benzene ring substituents is 1. The molecule has 2 rings (SSSR count). The van der Waals surface area contributed by atoms with E-state index in [0.29, 0.717) is 18.7 Å². The topological polar surface area (TPSA) is 128 Å². The van der Waals surface area contributed by atoms with Gasteiger partial charge in [-0.15, -0.1) is 0 Å². The summed E-state index contributed by atoms with van der Waals surface area (Å²) in [6.07, 6.45) is 3.63. The number of ether oxygens (including phenoxy) is 2. The minimum atomic E-state index is -0.791. The van der Waals surface area contributed by atoms with Crippen molar-refractivity contribution in [1.29, 1.82) is 0 Å². The molecule has 0 aliphatic carbocycles.